The summed E-state index contributed by atoms with van der Waals surface area (Å²) in [7, 11) is 0. The van der Waals surface area contributed by atoms with Gasteiger partial charge in [-0.2, -0.15) is 0 Å². The van der Waals surface area contributed by atoms with E-state index >= 15 is 0 Å². The highest BCUT2D eigenvalue weighted by atomic mass is 16.2. The highest BCUT2D eigenvalue weighted by Gasteiger charge is 2.43. The SMILES string of the molecule is CC1CCCC2CC(C(=O)NC3CCC4N=CNC(=O)C4C3)NC12. The minimum atomic E-state index is -0.0896. The van der Waals surface area contributed by atoms with Crippen LogP contribution in [0.1, 0.15) is 51.9 Å². The standard InChI is InChI=1S/C18H28N4O2/c1-10-3-2-4-11-7-15(22-16(10)11)18(24)21-12-5-6-14-13(8-12)17(23)20-9-19-14/h9-16,22H,2-8H2,1H3,(H,21,24)(H,19,20,23). The Morgan fingerprint density at radius 2 is 2.12 bits per heavy atom. The van der Waals surface area contributed by atoms with Gasteiger partial charge in [0.05, 0.1) is 24.3 Å². The summed E-state index contributed by atoms with van der Waals surface area (Å²) in [6, 6.07) is 0.639. The Kier molecular flexibility index (Phi) is 4.33. The topological polar surface area (TPSA) is 82.6 Å². The molecule has 4 rings (SSSR count). The Morgan fingerprint density at radius 1 is 1.25 bits per heavy atom. The molecule has 0 aromatic carbocycles. The van der Waals surface area contributed by atoms with Crippen molar-refractivity contribution in [3.05, 3.63) is 0 Å². The van der Waals surface area contributed by atoms with Gasteiger partial charge < -0.3 is 16.0 Å². The quantitative estimate of drug-likeness (QED) is 0.704. The van der Waals surface area contributed by atoms with Gasteiger partial charge in [0, 0.05) is 12.1 Å². The fraction of sp³-hybridized carbons (Fsp3) is 0.833. The molecule has 2 saturated carbocycles. The van der Waals surface area contributed by atoms with E-state index in [0.29, 0.717) is 24.3 Å². The summed E-state index contributed by atoms with van der Waals surface area (Å²) < 4.78 is 0. The maximum Gasteiger partial charge on any atom is 0.237 e. The zero-order valence-electron chi connectivity index (χ0n) is 14.3. The third-order valence-electron chi connectivity index (χ3n) is 6.57. The van der Waals surface area contributed by atoms with E-state index in [1.807, 2.05) is 0 Å². The van der Waals surface area contributed by atoms with E-state index in [2.05, 4.69) is 27.9 Å². The van der Waals surface area contributed by atoms with E-state index < -0.39 is 0 Å². The summed E-state index contributed by atoms with van der Waals surface area (Å²) in [6.45, 7) is 2.30. The summed E-state index contributed by atoms with van der Waals surface area (Å²) in [5.74, 6) is 1.40. The molecule has 3 N–H and O–H groups in total. The van der Waals surface area contributed by atoms with Crippen LogP contribution in [-0.2, 0) is 9.59 Å². The van der Waals surface area contributed by atoms with Crippen molar-refractivity contribution in [2.75, 3.05) is 0 Å². The normalized spacial score (nSPS) is 44.4. The molecular formula is C18H28N4O2. The van der Waals surface area contributed by atoms with E-state index in [1.54, 1.807) is 0 Å². The number of carbonyl (C=O) groups is 2. The van der Waals surface area contributed by atoms with Gasteiger partial charge in [-0.15, -0.1) is 0 Å². The van der Waals surface area contributed by atoms with Crippen LogP contribution in [0, 0.1) is 17.8 Å². The van der Waals surface area contributed by atoms with Gasteiger partial charge in [0.1, 0.15) is 0 Å². The maximum absolute atomic E-state index is 12.7. The van der Waals surface area contributed by atoms with Gasteiger partial charge in [0.15, 0.2) is 0 Å². The fourth-order valence-electron chi connectivity index (χ4n) is 5.23. The Morgan fingerprint density at radius 3 is 2.96 bits per heavy atom. The Balaban J connectivity index is 1.33. The lowest BCUT2D eigenvalue weighted by molar-refractivity contribution is -0.128. The van der Waals surface area contributed by atoms with Crippen molar-refractivity contribution in [2.24, 2.45) is 22.7 Å². The molecule has 6 nitrogen and oxygen atoms in total. The molecule has 0 bridgehead atoms. The maximum atomic E-state index is 12.7. The van der Waals surface area contributed by atoms with E-state index in [9.17, 15) is 9.59 Å². The van der Waals surface area contributed by atoms with Crippen molar-refractivity contribution in [3.8, 4) is 0 Å². The number of hydrogen-bond donors (Lipinski definition) is 3. The molecular weight excluding hydrogens is 304 g/mol. The molecule has 6 heteroatoms. The van der Waals surface area contributed by atoms with Gasteiger partial charge >= 0.3 is 0 Å². The zero-order chi connectivity index (χ0) is 16.7. The minimum Gasteiger partial charge on any atom is -0.352 e. The molecule has 2 aliphatic carbocycles. The first-order chi connectivity index (χ1) is 11.6. The van der Waals surface area contributed by atoms with Gasteiger partial charge in [-0.25, -0.2) is 0 Å². The van der Waals surface area contributed by atoms with Crippen molar-refractivity contribution >= 4 is 18.2 Å². The highest BCUT2D eigenvalue weighted by Crippen LogP contribution is 2.37. The number of nitrogens with one attached hydrogen (secondary N) is 3. The summed E-state index contributed by atoms with van der Waals surface area (Å²) >= 11 is 0. The molecule has 2 aliphatic heterocycles. The second-order valence-corrected chi connectivity index (χ2v) is 8.13. The smallest absolute Gasteiger partial charge is 0.237 e. The minimum absolute atomic E-state index is 0.0489. The average Bonchev–Trinajstić information content (AvgIpc) is 3.01. The molecule has 0 radical (unpaired) electrons. The average molecular weight is 332 g/mol. The first kappa shape index (κ1) is 16.1. The van der Waals surface area contributed by atoms with Gasteiger partial charge in [0.2, 0.25) is 11.8 Å². The van der Waals surface area contributed by atoms with Crippen LogP contribution in [0.4, 0.5) is 0 Å². The van der Waals surface area contributed by atoms with Gasteiger partial charge in [-0.3, -0.25) is 14.6 Å². The molecule has 0 aromatic heterocycles. The number of aliphatic imine (C=N–C) groups is 1. The second-order valence-electron chi connectivity index (χ2n) is 8.13. The molecule has 2 heterocycles. The van der Waals surface area contributed by atoms with Crippen molar-refractivity contribution in [1.29, 1.82) is 0 Å². The molecule has 132 valence electrons. The fourth-order valence-corrected chi connectivity index (χ4v) is 5.23. The number of fused-ring (bicyclic) bond motifs is 2. The number of carbonyl (C=O) groups excluding carboxylic acids is 2. The van der Waals surface area contributed by atoms with Gasteiger partial charge in [-0.1, -0.05) is 13.3 Å². The van der Waals surface area contributed by atoms with Crippen LogP contribution in [0.15, 0.2) is 4.99 Å². The lowest BCUT2D eigenvalue weighted by atomic mass is 9.78. The Labute approximate surface area is 143 Å². The van der Waals surface area contributed by atoms with Crippen LogP contribution in [0.3, 0.4) is 0 Å². The third kappa shape index (κ3) is 2.96. The number of amides is 2. The summed E-state index contributed by atoms with van der Waals surface area (Å²) in [5, 5.41) is 9.48. The monoisotopic (exact) mass is 332 g/mol. The lowest BCUT2D eigenvalue weighted by Crippen LogP contribution is -2.52. The summed E-state index contributed by atoms with van der Waals surface area (Å²) in [4.78, 5) is 29.1. The van der Waals surface area contributed by atoms with Crippen LogP contribution in [0.5, 0.6) is 0 Å². The van der Waals surface area contributed by atoms with Crippen LogP contribution >= 0.6 is 0 Å². The predicted octanol–water partition coefficient (Wildman–Crippen LogP) is 0.965. The Bertz CT molecular complexity index is 549. The van der Waals surface area contributed by atoms with E-state index in [-0.39, 0.29) is 35.9 Å². The summed E-state index contributed by atoms with van der Waals surface area (Å²) in [5.41, 5.74) is 0. The van der Waals surface area contributed by atoms with Crippen LogP contribution in [-0.4, -0.2) is 42.3 Å². The van der Waals surface area contributed by atoms with Crippen LogP contribution in [0.25, 0.3) is 0 Å². The highest BCUT2D eigenvalue weighted by molar-refractivity contribution is 5.92. The summed E-state index contributed by atoms with van der Waals surface area (Å²) in [6.07, 6.45) is 8.78. The molecule has 4 aliphatic rings. The molecule has 24 heavy (non-hydrogen) atoms. The number of hydrogen-bond acceptors (Lipinski definition) is 4. The molecule has 7 atom stereocenters. The predicted molar refractivity (Wildman–Crippen MR) is 91.5 cm³/mol. The van der Waals surface area contributed by atoms with Crippen molar-refractivity contribution < 1.29 is 9.59 Å². The first-order valence-electron chi connectivity index (χ1n) is 9.50. The van der Waals surface area contributed by atoms with E-state index in [0.717, 1.165) is 19.3 Å². The first-order valence-corrected chi connectivity index (χ1v) is 9.50. The molecule has 1 saturated heterocycles. The Hall–Kier alpha value is -1.43. The van der Waals surface area contributed by atoms with Crippen molar-refractivity contribution in [3.63, 3.8) is 0 Å². The largest absolute Gasteiger partial charge is 0.352 e. The van der Waals surface area contributed by atoms with E-state index in [1.165, 1.54) is 25.6 Å². The lowest BCUT2D eigenvalue weighted by Gasteiger charge is -2.35. The van der Waals surface area contributed by atoms with Gasteiger partial charge in [-0.05, 0) is 50.4 Å². The molecule has 0 aromatic rings. The van der Waals surface area contributed by atoms with Crippen LogP contribution in [0.2, 0.25) is 0 Å². The third-order valence-corrected chi connectivity index (χ3v) is 6.57. The molecule has 7 unspecified atom stereocenters. The number of nitrogens with zero attached hydrogens (tertiary/aromatic N) is 1. The molecule has 0 spiro atoms. The number of rotatable bonds is 2. The molecule has 3 fully saturated rings. The van der Waals surface area contributed by atoms with E-state index in [4.69, 9.17) is 0 Å². The zero-order valence-corrected chi connectivity index (χ0v) is 14.3. The van der Waals surface area contributed by atoms with Crippen LogP contribution < -0.4 is 16.0 Å². The van der Waals surface area contributed by atoms with Crippen molar-refractivity contribution in [1.82, 2.24) is 16.0 Å². The molecule has 2 amide bonds. The van der Waals surface area contributed by atoms with Gasteiger partial charge in [0.25, 0.3) is 0 Å². The second kappa shape index (κ2) is 6.47. The van der Waals surface area contributed by atoms with Crippen molar-refractivity contribution in [2.45, 2.75) is 76.0 Å².